The third-order valence-electron chi connectivity index (χ3n) is 3.47. The van der Waals surface area contributed by atoms with Gasteiger partial charge < -0.3 is 10.4 Å². The van der Waals surface area contributed by atoms with Gasteiger partial charge in [0.2, 0.25) is 0 Å². The molecule has 2 N–H and O–H groups in total. The zero-order valence-corrected chi connectivity index (χ0v) is 12.3. The molecule has 2 aromatic heterocycles. The SMILES string of the molecule is OC(c1ccncc1)c1ccc2c(c1)Nc1nccnc1S2. The summed E-state index contributed by atoms with van der Waals surface area (Å²) in [6.07, 6.45) is 6.02. The Morgan fingerprint density at radius 1 is 0.955 bits per heavy atom. The van der Waals surface area contributed by atoms with E-state index in [0.29, 0.717) is 0 Å². The normalized spacial score (nSPS) is 13.7. The summed E-state index contributed by atoms with van der Waals surface area (Å²) in [7, 11) is 0. The van der Waals surface area contributed by atoms with Gasteiger partial charge in [0.15, 0.2) is 5.82 Å². The van der Waals surface area contributed by atoms with Gasteiger partial charge in [-0.1, -0.05) is 17.8 Å². The van der Waals surface area contributed by atoms with Crippen molar-refractivity contribution in [2.75, 3.05) is 5.32 Å². The molecule has 0 fully saturated rings. The van der Waals surface area contributed by atoms with Gasteiger partial charge >= 0.3 is 0 Å². The van der Waals surface area contributed by atoms with Crippen molar-refractivity contribution in [2.24, 2.45) is 0 Å². The van der Waals surface area contributed by atoms with Crippen molar-refractivity contribution in [3.63, 3.8) is 0 Å². The topological polar surface area (TPSA) is 70.9 Å². The van der Waals surface area contributed by atoms with E-state index >= 15 is 0 Å². The van der Waals surface area contributed by atoms with Crippen LogP contribution in [0.4, 0.5) is 11.5 Å². The zero-order chi connectivity index (χ0) is 14.9. The number of nitrogens with one attached hydrogen (secondary N) is 1. The summed E-state index contributed by atoms with van der Waals surface area (Å²) in [5.74, 6) is 0.746. The van der Waals surface area contributed by atoms with E-state index in [4.69, 9.17) is 0 Å². The lowest BCUT2D eigenvalue weighted by Crippen LogP contribution is -2.06. The van der Waals surface area contributed by atoms with Crippen LogP contribution in [0.1, 0.15) is 17.2 Å². The first kappa shape index (κ1) is 13.2. The Bertz CT molecular complexity index is 825. The zero-order valence-electron chi connectivity index (χ0n) is 11.5. The number of hydrogen-bond donors (Lipinski definition) is 2. The molecule has 0 radical (unpaired) electrons. The number of benzene rings is 1. The van der Waals surface area contributed by atoms with Gasteiger partial charge in [-0.2, -0.15) is 0 Å². The van der Waals surface area contributed by atoms with Crippen LogP contribution >= 0.6 is 11.8 Å². The molecule has 6 heteroatoms. The van der Waals surface area contributed by atoms with Crippen LogP contribution < -0.4 is 5.32 Å². The second-order valence-electron chi connectivity index (χ2n) is 4.88. The Morgan fingerprint density at radius 3 is 2.64 bits per heavy atom. The molecule has 1 atom stereocenters. The number of anilines is 2. The van der Waals surface area contributed by atoms with Gasteiger partial charge in [0, 0.05) is 29.7 Å². The fourth-order valence-electron chi connectivity index (χ4n) is 2.36. The average molecular weight is 308 g/mol. The molecule has 4 rings (SSSR count). The molecule has 108 valence electrons. The number of aliphatic hydroxyl groups excluding tert-OH is 1. The highest BCUT2D eigenvalue weighted by Gasteiger charge is 2.19. The first-order chi connectivity index (χ1) is 10.8. The fraction of sp³-hybridized carbons (Fsp3) is 0.0625. The highest BCUT2D eigenvalue weighted by atomic mass is 32.2. The molecule has 1 unspecified atom stereocenters. The van der Waals surface area contributed by atoms with Crippen LogP contribution in [0.25, 0.3) is 0 Å². The molecule has 0 saturated carbocycles. The Labute approximate surface area is 131 Å². The number of aliphatic hydroxyl groups is 1. The van der Waals surface area contributed by atoms with Crippen molar-refractivity contribution in [3.05, 3.63) is 66.2 Å². The largest absolute Gasteiger partial charge is 0.384 e. The summed E-state index contributed by atoms with van der Waals surface area (Å²) < 4.78 is 0. The van der Waals surface area contributed by atoms with Crippen LogP contribution in [0.5, 0.6) is 0 Å². The van der Waals surface area contributed by atoms with Crippen molar-refractivity contribution in [1.82, 2.24) is 15.0 Å². The number of hydrogen-bond acceptors (Lipinski definition) is 6. The molecule has 5 nitrogen and oxygen atoms in total. The van der Waals surface area contributed by atoms with E-state index in [1.807, 2.05) is 30.3 Å². The monoisotopic (exact) mass is 308 g/mol. The molecule has 1 aliphatic rings. The lowest BCUT2D eigenvalue weighted by molar-refractivity contribution is 0.220. The van der Waals surface area contributed by atoms with Crippen LogP contribution in [0.2, 0.25) is 0 Å². The van der Waals surface area contributed by atoms with Crippen molar-refractivity contribution < 1.29 is 5.11 Å². The van der Waals surface area contributed by atoms with Crippen molar-refractivity contribution >= 4 is 23.3 Å². The van der Waals surface area contributed by atoms with Crippen LogP contribution in [0.3, 0.4) is 0 Å². The maximum atomic E-state index is 10.5. The fourth-order valence-corrected chi connectivity index (χ4v) is 3.24. The number of rotatable bonds is 2. The van der Waals surface area contributed by atoms with E-state index < -0.39 is 6.10 Å². The van der Waals surface area contributed by atoms with E-state index in [2.05, 4.69) is 20.3 Å². The number of nitrogens with zero attached hydrogens (tertiary/aromatic N) is 3. The van der Waals surface area contributed by atoms with Gasteiger partial charge in [-0.15, -0.1) is 0 Å². The smallest absolute Gasteiger partial charge is 0.163 e. The summed E-state index contributed by atoms with van der Waals surface area (Å²) in [6, 6.07) is 9.50. The van der Waals surface area contributed by atoms with Gasteiger partial charge in [-0.3, -0.25) is 4.98 Å². The Kier molecular flexibility index (Phi) is 3.25. The Morgan fingerprint density at radius 2 is 1.77 bits per heavy atom. The molecule has 1 aliphatic heterocycles. The Hall–Kier alpha value is -2.44. The number of pyridine rings is 1. The predicted octanol–water partition coefficient (Wildman–Crippen LogP) is 3.16. The quantitative estimate of drug-likeness (QED) is 0.593. The maximum absolute atomic E-state index is 10.5. The molecular weight excluding hydrogens is 296 g/mol. The molecule has 3 heterocycles. The minimum Gasteiger partial charge on any atom is -0.384 e. The standard InChI is InChI=1S/C16H12N4OS/c21-14(10-3-5-17-6-4-10)11-1-2-13-12(9-11)20-15-16(22-13)19-8-7-18-15/h1-9,14,21H,(H,18,20). The summed E-state index contributed by atoms with van der Waals surface area (Å²) >= 11 is 1.57. The molecule has 0 aliphatic carbocycles. The van der Waals surface area contributed by atoms with Crippen molar-refractivity contribution in [2.45, 2.75) is 16.0 Å². The summed E-state index contributed by atoms with van der Waals surface area (Å²) in [4.78, 5) is 13.6. The first-order valence-electron chi connectivity index (χ1n) is 6.79. The average Bonchev–Trinajstić information content (AvgIpc) is 2.59. The second kappa shape index (κ2) is 5.40. The van der Waals surface area contributed by atoms with Crippen LogP contribution in [0.15, 0.2) is 65.0 Å². The minimum atomic E-state index is -0.677. The third-order valence-corrected chi connectivity index (χ3v) is 4.53. The summed E-state index contributed by atoms with van der Waals surface area (Å²) in [6.45, 7) is 0. The lowest BCUT2D eigenvalue weighted by atomic mass is 10.0. The molecule has 1 aromatic carbocycles. The van der Waals surface area contributed by atoms with Gasteiger partial charge in [0.25, 0.3) is 0 Å². The second-order valence-corrected chi connectivity index (χ2v) is 5.91. The van der Waals surface area contributed by atoms with Crippen LogP contribution in [-0.2, 0) is 0 Å². The van der Waals surface area contributed by atoms with Gasteiger partial charge in [-0.05, 0) is 35.4 Å². The molecule has 3 aromatic rings. The van der Waals surface area contributed by atoms with Crippen molar-refractivity contribution in [3.8, 4) is 0 Å². The summed E-state index contributed by atoms with van der Waals surface area (Å²) in [5.41, 5.74) is 2.58. The number of aromatic nitrogens is 3. The first-order valence-corrected chi connectivity index (χ1v) is 7.61. The minimum absolute atomic E-state index is 0.677. The van der Waals surface area contributed by atoms with E-state index in [-0.39, 0.29) is 0 Å². The van der Waals surface area contributed by atoms with Gasteiger partial charge in [-0.25, -0.2) is 9.97 Å². The van der Waals surface area contributed by atoms with E-state index in [1.165, 1.54) is 0 Å². The van der Waals surface area contributed by atoms with Crippen molar-refractivity contribution in [1.29, 1.82) is 0 Å². The Balaban J connectivity index is 1.69. The highest BCUT2D eigenvalue weighted by Crippen LogP contribution is 2.42. The molecular formula is C16H12N4OS. The third kappa shape index (κ3) is 2.32. The number of fused-ring (bicyclic) bond motifs is 2. The van der Waals surface area contributed by atoms with Gasteiger partial charge in [0.1, 0.15) is 11.1 Å². The predicted molar refractivity (Wildman–Crippen MR) is 84.2 cm³/mol. The lowest BCUT2D eigenvalue weighted by Gasteiger charge is -2.20. The van der Waals surface area contributed by atoms with Crippen LogP contribution in [-0.4, -0.2) is 20.1 Å². The highest BCUT2D eigenvalue weighted by molar-refractivity contribution is 7.99. The maximum Gasteiger partial charge on any atom is 0.163 e. The van der Waals surface area contributed by atoms with E-state index in [1.54, 1.807) is 36.5 Å². The molecule has 22 heavy (non-hydrogen) atoms. The van der Waals surface area contributed by atoms with E-state index in [0.717, 1.165) is 32.6 Å². The summed E-state index contributed by atoms with van der Waals surface area (Å²) in [5, 5.41) is 14.6. The van der Waals surface area contributed by atoms with Crippen LogP contribution in [0, 0.1) is 0 Å². The molecule has 0 saturated heterocycles. The van der Waals surface area contributed by atoms with E-state index in [9.17, 15) is 5.11 Å². The van der Waals surface area contributed by atoms with Gasteiger partial charge in [0.05, 0.1) is 5.69 Å². The molecule has 0 amide bonds. The molecule has 0 bridgehead atoms. The molecule has 0 spiro atoms.